The maximum atomic E-state index is 10.9. The summed E-state index contributed by atoms with van der Waals surface area (Å²) in [4.78, 5) is 10.9. The second kappa shape index (κ2) is 6.02. The Hall–Kier alpha value is -1.57. The van der Waals surface area contributed by atoms with Crippen molar-refractivity contribution in [3.63, 3.8) is 0 Å². The number of ether oxygens (including phenoxy) is 1. The molecule has 2 nitrogen and oxygen atoms in total. The van der Waals surface area contributed by atoms with Crippen LogP contribution in [-0.2, 0) is 9.53 Å². The van der Waals surface area contributed by atoms with E-state index in [0.29, 0.717) is 6.61 Å². The quantitative estimate of drug-likeness (QED) is 0.544. The van der Waals surface area contributed by atoms with Crippen LogP contribution in [0.2, 0.25) is 0 Å². The lowest BCUT2D eigenvalue weighted by Crippen LogP contribution is -2.10. The molecule has 0 aliphatic carbocycles. The summed E-state index contributed by atoms with van der Waals surface area (Å²) in [6.45, 7) is 5.87. The standard InChI is InChI=1S/C13H16O2/c1-3-11(10-15-13(14)4-2)12-8-6-5-7-9-12/h4-9,11H,2-3,10H2,1H3. The second-order valence-electron chi connectivity index (χ2n) is 3.35. The van der Waals surface area contributed by atoms with Crippen LogP contribution in [0.15, 0.2) is 43.0 Å². The second-order valence-corrected chi connectivity index (χ2v) is 3.35. The fourth-order valence-corrected chi connectivity index (χ4v) is 1.42. The van der Waals surface area contributed by atoms with E-state index in [4.69, 9.17) is 4.74 Å². The summed E-state index contributed by atoms with van der Waals surface area (Å²) in [5, 5.41) is 0. The Bertz CT molecular complexity index is 317. The number of carbonyl (C=O) groups excluding carboxylic acids is 1. The molecule has 0 N–H and O–H groups in total. The first kappa shape index (κ1) is 11.5. The van der Waals surface area contributed by atoms with Gasteiger partial charge in [-0.1, -0.05) is 43.8 Å². The Morgan fingerprint density at radius 3 is 2.67 bits per heavy atom. The molecule has 0 fully saturated rings. The van der Waals surface area contributed by atoms with E-state index in [1.807, 2.05) is 18.2 Å². The molecule has 0 bridgehead atoms. The molecule has 0 spiro atoms. The van der Waals surface area contributed by atoms with Gasteiger partial charge in [-0.25, -0.2) is 4.79 Å². The van der Waals surface area contributed by atoms with Crippen LogP contribution in [-0.4, -0.2) is 12.6 Å². The minimum absolute atomic E-state index is 0.273. The Balaban J connectivity index is 2.57. The molecule has 1 atom stereocenters. The lowest BCUT2D eigenvalue weighted by molar-refractivity contribution is -0.138. The number of benzene rings is 1. The molecule has 0 radical (unpaired) electrons. The lowest BCUT2D eigenvalue weighted by atomic mass is 9.98. The molecule has 0 amide bonds. The van der Waals surface area contributed by atoms with Gasteiger partial charge in [0.15, 0.2) is 0 Å². The largest absolute Gasteiger partial charge is 0.462 e. The molecule has 1 aromatic carbocycles. The van der Waals surface area contributed by atoms with Crippen LogP contribution in [0.1, 0.15) is 24.8 Å². The molecular formula is C13H16O2. The van der Waals surface area contributed by atoms with Crippen LogP contribution in [0.3, 0.4) is 0 Å². The molecule has 0 heterocycles. The summed E-state index contributed by atoms with van der Waals surface area (Å²) in [6.07, 6.45) is 2.14. The SMILES string of the molecule is C=CC(=O)OCC(CC)c1ccccc1. The zero-order valence-corrected chi connectivity index (χ0v) is 8.98. The Kier molecular flexibility index (Phi) is 4.61. The van der Waals surface area contributed by atoms with Gasteiger partial charge in [-0.05, 0) is 12.0 Å². The average Bonchev–Trinajstić information content (AvgIpc) is 2.31. The molecule has 0 saturated heterocycles. The summed E-state index contributed by atoms with van der Waals surface area (Å²) in [7, 11) is 0. The highest BCUT2D eigenvalue weighted by molar-refractivity contribution is 5.81. The summed E-state index contributed by atoms with van der Waals surface area (Å²) >= 11 is 0. The van der Waals surface area contributed by atoms with Crippen LogP contribution >= 0.6 is 0 Å². The van der Waals surface area contributed by atoms with Gasteiger partial charge in [0.2, 0.25) is 0 Å². The monoisotopic (exact) mass is 204 g/mol. The van der Waals surface area contributed by atoms with Crippen molar-refractivity contribution in [2.24, 2.45) is 0 Å². The molecule has 1 rings (SSSR count). The average molecular weight is 204 g/mol. The Labute approximate surface area is 90.6 Å². The van der Waals surface area contributed by atoms with Gasteiger partial charge in [-0.15, -0.1) is 0 Å². The van der Waals surface area contributed by atoms with Gasteiger partial charge in [-0.2, -0.15) is 0 Å². The molecule has 0 aliphatic heterocycles. The van der Waals surface area contributed by atoms with Crippen molar-refractivity contribution >= 4 is 5.97 Å². The predicted molar refractivity (Wildman–Crippen MR) is 60.6 cm³/mol. The summed E-state index contributed by atoms with van der Waals surface area (Å²) in [5.41, 5.74) is 1.21. The van der Waals surface area contributed by atoms with E-state index >= 15 is 0 Å². The first-order chi connectivity index (χ1) is 7.27. The lowest BCUT2D eigenvalue weighted by Gasteiger charge is -2.14. The van der Waals surface area contributed by atoms with E-state index in [9.17, 15) is 4.79 Å². The van der Waals surface area contributed by atoms with E-state index in [1.165, 1.54) is 11.6 Å². The summed E-state index contributed by atoms with van der Waals surface area (Å²) < 4.78 is 5.04. The molecule has 1 unspecified atom stereocenters. The van der Waals surface area contributed by atoms with Crippen molar-refractivity contribution < 1.29 is 9.53 Å². The van der Waals surface area contributed by atoms with Gasteiger partial charge in [0.05, 0.1) is 6.61 Å². The predicted octanol–water partition coefficient (Wildman–Crippen LogP) is 2.91. The van der Waals surface area contributed by atoms with Crippen LogP contribution in [0, 0.1) is 0 Å². The zero-order valence-electron chi connectivity index (χ0n) is 8.98. The van der Waals surface area contributed by atoms with Crippen molar-refractivity contribution in [1.29, 1.82) is 0 Å². The summed E-state index contributed by atoms with van der Waals surface area (Å²) in [5.74, 6) is -0.0838. The molecule has 2 heteroatoms. The smallest absolute Gasteiger partial charge is 0.330 e. The van der Waals surface area contributed by atoms with E-state index < -0.39 is 0 Å². The first-order valence-electron chi connectivity index (χ1n) is 5.12. The maximum Gasteiger partial charge on any atom is 0.330 e. The highest BCUT2D eigenvalue weighted by Gasteiger charge is 2.10. The zero-order chi connectivity index (χ0) is 11.1. The topological polar surface area (TPSA) is 26.3 Å². The molecule has 0 saturated carbocycles. The number of esters is 1. The summed E-state index contributed by atoms with van der Waals surface area (Å²) in [6, 6.07) is 10.1. The van der Waals surface area contributed by atoms with Crippen molar-refractivity contribution in [3.8, 4) is 0 Å². The van der Waals surface area contributed by atoms with Gasteiger partial charge in [0.25, 0.3) is 0 Å². The van der Waals surface area contributed by atoms with Gasteiger partial charge < -0.3 is 4.74 Å². The highest BCUT2D eigenvalue weighted by atomic mass is 16.5. The molecule has 0 aromatic heterocycles. The minimum atomic E-state index is -0.357. The maximum absolute atomic E-state index is 10.9. The molecule has 1 aromatic rings. The third-order valence-corrected chi connectivity index (χ3v) is 2.36. The molecule has 15 heavy (non-hydrogen) atoms. The number of hydrogen-bond acceptors (Lipinski definition) is 2. The van der Waals surface area contributed by atoms with Crippen molar-refractivity contribution in [2.45, 2.75) is 19.3 Å². The van der Waals surface area contributed by atoms with Crippen molar-refractivity contribution in [1.82, 2.24) is 0 Å². The number of carbonyl (C=O) groups is 1. The van der Waals surface area contributed by atoms with Gasteiger partial charge in [0, 0.05) is 12.0 Å². The third-order valence-electron chi connectivity index (χ3n) is 2.36. The highest BCUT2D eigenvalue weighted by Crippen LogP contribution is 2.19. The van der Waals surface area contributed by atoms with Crippen LogP contribution in [0.5, 0.6) is 0 Å². The normalized spacial score (nSPS) is 11.8. The van der Waals surface area contributed by atoms with Crippen LogP contribution < -0.4 is 0 Å². The number of hydrogen-bond donors (Lipinski definition) is 0. The first-order valence-corrected chi connectivity index (χ1v) is 5.12. The van der Waals surface area contributed by atoms with Gasteiger partial charge in [0.1, 0.15) is 0 Å². The third kappa shape index (κ3) is 3.58. The van der Waals surface area contributed by atoms with E-state index in [-0.39, 0.29) is 11.9 Å². The number of rotatable bonds is 5. The fourth-order valence-electron chi connectivity index (χ4n) is 1.42. The van der Waals surface area contributed by atoms with Crippen molar-refractivity contribution in [3.05, 3.63) is 48.6 Å². The molecule has 80 valence electrons. The molecule has 0 aliphatic rings. The van der Waals surface area contributed by atoms with Gasteiger partial charge >= 0.3 is 5.97 Å². The fraction of sp³-hybridized carbons (Fsp3) is 0.308. The Morgan fingerprint density at radius 2 is 2.13 bits per heavy atom. The Morgan fingerprint density at radius 1 is 1.47 bits per heavy atom. The van der Waals surface area contributed by atoms with Crippen molar-refractivity contribution in [2.75, 3.05) is 6.61 Å². The van der Waals surface area contributed by atoms with Crippen LogP contribution in [0.4, 0.5) is 0 Å². The van der Waals surface area contributed by atoms with E-state index in [2.05, 4.69) is 25.6 Å². The van der Waals surface area contributed by atoms with Crippen LogP contribution in [0.25, 0.3) is 0 Å². The molecular weight excluding hydrogens is 188 g/mol. The van der Waals surface area contributed by atoms with Gasteiger partial charge in [-0.3, -0.25) is 0 Å². The van der Waals surface area contributed by atoms with E-state index in [1.54, 1.807) is 0 Å². The van der Waals surface area contributed by atoms with E-state index in [0.717, 1.165) is 6.42 Å². The minimum Gasteiger partial charge on any atom is -0.462 e.